The van der Waals surface area contributed by atoms with Crippen LogP contribution >= 0.6 is 0 Å². The van der Waals surface area contributed by atoms with Crippen LogP contribution in [0.2, 0.25) is 0 Å². The van der Waals surface area contributed by atoms with Crippen LogP contribution in [0.15, 0.2) is 48.7 Å². The summed E-state index contributed by atoms with van der Waals surface area (Å²) >= 11 is 0. The molecule has 1 aliphatic rings. The fraction of sp³-hybridized carbons (Fsp3) is 0.182. The van der Waals surface area contributed by atoms with Crippen molar-refractivity contribution in [3.63, 3.8) is 0 Å². The molecule has 1 N–H and O–H groups in total. The molecule has 164 valence electrons. The molecule has 2 aromatic heterocycles. The van der Waals surface area contributed by atoms with Crippen molar-refractivity contribution in [1.29, 1.82) is 0 Å². The number of carbonyl (C=O) groups is 2. The highest BCUT2D eigenvalue weighted by Gasteiger charge is 2.32. The van der Waals surface area contributed by atoms with E-state index in [9.17, 15) is 27.2 Å². The van der Waals surface area contributed by atoms with Gasteiger partial charge in [0.2, 0.25) is 17.8 Å². The minimum Gasteiger partial charge on any atom is -0.325 e. The number of alkyl halides is 3. The van der Waals surface area contributed by atoms with E-state index in [1.54, 1.807) is 19.1 Å². The van der Waals surface area contributed by atoms with Gasteiger partial charge in [-0.05, 0) is 48.9 Å². The number of halogens is 4. The van der Waals surface area contributed by atoms with Gasteiger partial charge < -0.3 is 10.2 Å². The first kappa shape index (κ1) is 21.4. The van der Waals surface area contributed by atoms with Crippen LogP contribution in [-0.4, -0.2) is 28.3 Å². The van der Waals surface area contributed by atoms with Gasteiger partial charge in [0.15, 0.2) is 0 Å². The van der Waals surface area contributed by atoms with Crippen LogP contribution in [-0.2, 0) is 22.2 Å². The Bertz CT molecular complexity index is 1210. The first-order valence-corrected chi connectivity index (χ1v) is 9.52. The molecule has 0 fully saturated rings. The highest BCUT2D eigenvalue weighted by atomic mass is 19.4. The molecule has 0 atom stereocenters. The first-order chi connectivity index (χ1) is 15.1. The second-order valence-corrected chi connectivity index (χ2v) is 7.24. The lowest BCUT2D eigenvalue weighted by Crippen LogP contribution is -2.38. The SMILES string of the molecule is Cc1cc2c(c(F)n1)-c1ncccc1CC(=O)N2CC(=O)Nc1ccc(C(F)(F)F)cc1. The molecule has 0 saturated carbocycles. The Balaban J connectivity index is 1.64. The smallest absolute Gasteiger partial charge is 0.325 e. The van der Waals surface area contributed by atoms with E-state index < -0.39 is 36.0 Å². The molecule has 3 heterocycles. The van der Waals surface area contributed by atoms with E-state index in [2.05, 4.69) is 15.3 Å². The number of fused-ring (bicyclic) bond motifs is 3. The molecule has 0 radical (unpaired) electrons. The summed E-state index contributed by atoms with van der Waals surface area (Å²) in [7, 11) is 0. The molecular weight excluding hydrogens is 428 g/mol. The van der Waals surface area contributed by atoms with Gasteiger partial charge in [-0.15, -0.1) is 0 Å². The fourth-order valence-corrected chi connectivity index (χ4v) is 3.51. The van der Waals surface area contributed by atoms with Crippen LogP contribution < -0.4 is 10.2 Å². The number of nitrogens with zero attached hydrogens (tertiary/aromatic N) is 3. The zero-order chi connectivity index (χ0) is 23.0. The normalized spacial score (nSPS) is 13.3. The molecule has 0 spiro atoms. The summed E-state index contributed by atoms with van der Waals surface area (Å²) in [5.41, 5.74) is 0.518. The summed E-state index contributed by atoms with van der Waals surface area (Å²) in [4.78, 5) is 34.7. The van der Waals surface area contributed by atoms with Crippen LogP contribution in [0.1, 0.15) is 16.8 Å². The lowest BCUT2D eigenvalue weighted by molar-refractivity contribution is -0.137. The number of anilines is 2. The van der Waals surface area contributed by atoms with E-state index in [-0.39, 0.29) is 29.1 Å². The van der Waals surface area contributed by atoms with Crippen molar-refractivity contribution in [2.24, 2.45) is 0 Å². The first-order valence-electron chi connectivity index (χ1n) is 9.52. The molecule has 4 rings (SSSR count). The van der Waals surface area contributed by atoms with Gasteiger partial charge in [-0.3, -0.25) is 14.6 Å². The van der Waals surface area contributed by atoms with Gasteiger partial charge in [-0.1, -0.05) is 6.07 Å². The number of hydrogen-bond acceptors (Lipinski definition) is 4. The summed E-state index contributed by atoms with van der Waals surface area (Å²) in [5, 5.41) is 2.46. The molecule has 1 aromatic carbocycles. The summed E-state index contributed by atoms with van der Waals surface area (Å²) in [6.07, 6.45) is -3.13. The maximum absolute atomic E-state index is 14.8. The fourth-order valence-electron chi connectivity index (χ4n) is 3.51. The molecule has 6 nitrogen and oxygen atoms in total. The van der Waals surface area contributed by atoms with Gasteiger partial charge in [0.1, 0.15) is 6.54 Å². The summed E-state index contributed by atoms with van der Waals surface area (Å²) < 4.78 is 53.0. The number of amides is 2. The van der Waals surface area contributed by atoms with E-state index in [1.165, 1.54) is 12.3 Å². The van der Waals surface area contributed by atoms with E-state index in [4.69, 9.17) is 0 Å². The van der Waals surface area contributed by atoms with Gasteiger partial charge in [0.25, 0.3) is 0 Å². The van der Waals surface area contributed by atoms with Crippen molar-refractivity contribution in [1.82, 2.24) is 9.97 Å². The molecule has 32 heavy (non-hydrogen) atoms. The number of benzene rings is 1. The van der Waals surface area contributed by atoms with Crippen molar-refractivity contribution in [3.05, 3.63) is 71.4 Å². The molecule has 0 bridgehead atoms. The quantitative estimate of drug-likeness (QED) is 0.487. The van der Waals surface area contributed by atoms with Gasteiger partial charge in [-0.2, -0.15) is 17.6 Å². The number of aromatic nitrogens is 2. The minimum absolute atomic E-state index is 0.0133. The Morgan fingerprint density at radius 3 is 2.59 bits per heavy atom. The zero-order valence-electron chi connectivity index (χ0n) is 16.7. The molecule has 3 aromatic rings. The molecule has 0 aliphatic carbocycles. The topological polar surface area (TPSA) is 75.2 Å². The van der Waals surface area contributed by atoms with E-state index in [0.29, 0.717) is 11.3 Å². The maximum atomic E-state index is 14.8. The molecule has 10 heteroatoms. The third kappa shape index (κ3) is 4.16. The number of nitrogens with one attached hydrogen (secondary N) is 1. The van der Waals surface area contributed by atoms with Crippen molar-refractivity contribution < 1.29 is 27.2 Å². The third-order valence-electron chi connectivity index (χ3n) is 4.94. The summed E-state index contributed by atoms with van der Waals surface area (Å²) in [6.45, 7) is 1.09. The monoisotopic (exact) mass is 444 g/mol. The van der Waals surface area contributed by atoms with Gasteiger partial charge in [-0.25, -0.2) is 4.98 Å². The minimum atomic E-state index is -4.50. The van der Waals surface area contributed by atoms with Crippen molar-refractivity contribution in [3.8, 4) is 11.3 Å². The van der Waals surface area contributed by atoms with Crippen LogP contribution in [0.5, 0.6) is 0 Å². The zero-order valence-corrected chi connectivity index (χ0v) is 16.7. The highest BCUT2D eigenvalue weighted by Crippen LogP contribution is 2.37. The second-order valence-electron chi connectivity index (χ2n) is 7.24. The molecule has 1 aliphatic heterocycles. The predicted molar refractivity (Wildman–Crippen MR) is 108 cm³/mol. The van der Waals surface area contributed by atoms with Gasteiger partial charge in [0.05, 0.1) is 28.9 Å². The molecule has 0 saturated heterocycles. The third-order valence-corrected chi connectivity index (χ3v) is 4.94. The Morgan fingerprint density at radius 2 is 1.91 bits per heavy atom. The lowest BCUT2D eigenvalue weighted by atomic mass is 10.0. The van der Waals surface area contributed by atoms with Crippen LogP contribution in [0.25, 0.3) is 11.3 Å². The van der Waals surface area contributed by atoms with Crippen LogP contribution in [0.4, 0.5) is 28.9 Å². The number of rotatable bonds is 3. The molecule has 0 unspecified atom stereocenters. The Morgan fingerprint density at radius 1 is 1.19 bits per heavy atom. The number of carbonyl (C=O) groups excluding carboxylic acids is 2. The second kappa shape index (κ2) is 8.03. The average molecular weight is 444 g/mol. The molecule has 2 amide bonds. The van der Waals surface area contributed by atoms with E-state index in [1.807, 2.05) is 0 Å². The van der Waals surface area contributed by atoms with Crippen LogP contribution in [0.3, 0.4) is 0 Å². The largest absolute Gasteiger partial charge is 0.416 e. The highest BCUT2D eigenvalue weighted by molar-refractivity contribution is 6.07. The van der Waals surface area contributed by atoms with Crippen molar-refractivity contribution in [2.75, 3.05) is 16.8 Å². The number of aryl methyl sites for hydroxylation is 1. The predicted octanol–water partition coefficient (Wildman–Crippen LogP) is 4.14. The average Bonchev–Trinajstić information content (AvgIpc) is 2.82. The Hall–Kier alpha value is -3.82. The standard InChI is InChI=1S/C22H16F4N4O2/c1-12-9-16-19(21(23)28-12)20-13(3-2-8-27-20)10-18(32)30(16)11-17(31)29-15-6-4-14(5-7-15)22(24,25)26/h2-9H,10-11H2,1H3,(H,29,31). The summed E-state index contributed by atoms with van der Waals surface area (Å²) in [5.74, 6) is -1.92. The Labute approximate surface area is 179 Å². The van der Waals surface area contributed by atoms with Gasteiger partial charge in [0, 0.05) is 17.6 Å². The Kier molecular flexibility index (Phi) is 5.37. The van der Waals surface area contributed by atoms with Crippen molar-refractivity contribution >= 4 is 23.2 Å². The lowest BCUT2D eigenvalue weighted by Gasteiger charge is -2.23. The summed E-state index contributed by atoms with van der Waals surface area (Å²) in [6, 6.07) is 8.68. The van der Waals surface area contributed by atoms with Crippen LogP contribution in [0, 0.1) is 12.9 Å². The molecular formula is C22H16F4N4O2. The van der Waals surface area contributed by atoms with Crippen molar-refractivity contribution in [2.45, 2.75) is 19.5 Å². The maximum Gasteiger partial charge on any atom is 0.416 e. The van der Waals surface area contributed by atoms with E-state index in [0.717, 1.165) is 29.2 Å². The van der Waals surface area contributed by atoms with E-state index >= 15 is 0 Å². The van der Waals surface area contributed by atoms with Gasteiger partial charge >= 0.3 is 6.18 Å². The number of hydrogen-bond donors (Lipinski definition) is 1. The number of pyridine rings is 2.